The number of hydrazine groups is 1. The molecule has 0 atom stereocenters. The van der Waals surface area contributed by atoms with Crippen molar-refractivity contribution in [3.05, 3.63) is 17.7 Å². The Morgan fingerprint density at radius 2 is 1.90 bits per heavy atom. The van der Waals surface area contributed by atoms with E-state index in [4.69, 9.17) is 5.84 Å². The summed E-state index contributed by atoms with van der Waals surface area (Å²) in [6.45, 7) is 2.64. The van der Waals surface area contributed by atoms with Crippen molar-refractivity contribution >= 4 is 11.6 Å². The topological polar surface area (TPSA) is 66.2 Å². The van der Waals surface area contributed by atoms with Crippen LogP contribution in [0.25, 0.3) is 0 Å². The number of likely N-dealkylation sites (tertiary alicyclic amines) is 1. The first-order valence-electron chi connectivity index (χ1n) is 6.87. The third kappa shape index (κ3) is 4.47. The third-order valence-corrected chi connectivity index (χ3v) is 3.71. The van der Waals surface area contributed by atoms with Gasteiger partial charge in [-0.25, -0.2) is 10.8 Å². The number of hydrogen-bond donors (Lipinski definition) is 3. The van der Waals surface area contributed by atoms with Gasteiger partial charge in [-0.3, -0.25) is 0 Å². The minimum atomic E-state index is -4.42. The molecule has 0 spiro atoms. The lowest BCUT2D eigenvalue weighted by atomic mass is 9.97. The summed E-state index contributed by atoms with van der Waals surface area (Å²) in [5.74, 6) is 5.81. The fraction of sp³-hybridized carbons (Fsp3) is 0.615. The lowest BCUT2D eigenvalue weighted by molar-refractivity contribution is -0.137. The Morgan fingerprint density at radius 1 is 1.29 bits per heavy atom. The van der Waals surface area contributed by atoms with Gasteiger partial charge < -0.3 is 15.6 Å². The zero-order valence-electron chi connectivity index (χ0n) is 11.9. The molecule has 4 N–H and O–H groups in total. The summed E-state index contributed by atoms with van der Waals surface area (Å²) in [5.41, 5.74) is 1.40. The molecule has 21 heavy (non-hydrogen) atoms. The normalized spacial score (nSPS) is 17.8. The highest BCUT2D eigenvalue weighted by molar-refractivity contribution is 5.49. The molecule has 0 amide bonds. The number of nitrogens with zero attached hydrogens (tertiary/aromatic N) is 2. The third-order valence-electron chi connectivity index (χ3n) is 3.71. The number of anilines is 2. The van der Waals surface area contributed by atoms with Gasteiger partial charge in [-0.15, -0.1) is 0 Å². The number of alkyl halides is 3. The molecule has 1 fully saturated rings. The smallest absolute Gasteiger partial charge is 0.370 e. The second-order valence-corrected chi connectivity index (χ2v) is 5.40. The van der Waals surface area contributed by atoms with Crippen LogP contribution in [0.15, 0.2) is 12.1 Å². The van der Waals surface area contributed by atoms with E-state index in [9.17, 15) is 13.2 Å². The van der Waals surface area contributed by atoms with E-state index in [0.29, 0.717) is 12.5 Å². The molecule has 1 saturated heterocycles. The van der Waals surface area contributed by atoms with Crippen LogP contribution in [0.3, 0.4) is 0 Å². The SMILES string of the molecule is CN1CCC(CNc2cc(C(F)(F)F)cc(NN)n2)CC1. The van der Waals surface area contributed by atoms with Crippen LogP contribution in [0.4, 0.5) is 24.8 Å². The van der Waals surface area contributed by atoms with Gasteiger partial charge in [0.2, 0.25) is 0 Å². The number of nitrogens with one attached hydrogen (secondary N) is 2. The minimum Gasteiger partial charge on any atom is -0.370 e. The predicted octanol–water partition coefficient (Wildman–Crippen LogP) is 2.14. The summed E-state index contributed by atoms with van der Waals surface area (Å²) in [4.78, 5) is 6.25. The highest BCUT2D eigenvalue weighted by Crippen LogP contribution is 2.32. The summed E-state index contributed by atoms with van der Waals surface area (Å²) in [7, 11) is 2.07. The Kier molecular flexibility index (Phi) is 4.89. The number of halogens is 3. The van der Waals surface area contributed by atoms with Gasteiger partial charge in [-0.2, -0.15) is 13.2 Å². The Balaban J connectivity index is 2.02. The van der Waals surface area contributed by atoms with Gasteiger partial charge in [0.15, 0.2) is 0 Å². The Bertz CT molecular complexity index is 469. The molecule has 1 aromatic heterocycles. The molecule has 118 valence electrons. The van der Waals surface area contributed by atoms with Crippen molar-refractivity contribution in [2.75, 3.05) is 37.4 Å². The van der Waals surface area contributed by atoms with Crippen LogP contribution < -0.4 is 16.6 Å². The van der Waals surface area contributed by atoms with Crippen LogP contribution in [0.1, 0.15) is 18.4 Å². The van der Waals surface area contributed by atoms with E-state index in [1.54, 1.807) is 0 Å². The monoisotopic (exact) mass is 303 g/mol. The zero-order valence-corrected chi connectivity index (χ0v) is 11.9. The molecule has 5 nitrogen and oxygen atoms in total. The van der Waals surface area contributed by atoms with Crippen molar-refractivity contribution < 1.29 is 13.2 Å². The summed E-state index contributed by atoms with van der Waals surface area (Å²) in [6, 6.07) is 1.90. The Hall–Kier alpha value is -1.54. The van der Waals surface area contributed by atoms with Gasteiger partial charge in [-0.1, -0.05) is 0 Å². The molecule has 1 aliphatic heterocycles. The quantitative estimate of drug-likeness (QED) is 0.587. The molecule has 2 rings (SSSR count). The highest BCUT2D eigenvalue weighted by Gasteiger charge is 2.31. The van der Waals surface area contributed by atoms with E-state index in [1.807, 2.05) is 0 Å². The molecule has 1 aromatic rings. The van der Waals surface area contributed by atoms with Crippen LogP contribution in [-0.2, 0) is 6.18 Å². The van der Waals surface area contributed by atoms with E-state index >= 15 is 0 Å². The standard InChI is InChI=1S/C13H20F3N5/c1-21-4-2-9(3-5-21)8-18-11-6-10(13(14,15)16)7-12(19-11)20-17/h6-7,9H,2-5,8,17H2,1H3,(H2,18,19,20). The van der Waals surface area contributed by atoms with Crippen LogP contribution in [0, 0.1) is 5.92 Å². The number of pyridine rings is 1. The molecule has 0 saturated carbocycles. The lowest BCUT2D eigenvalue weighted by Gasteiger charge is -2.29. The maximum Gasteiger partial charge on any atom is 0.416 e. The molecular weight excluding hydrogens is 283 g/mol. The second kappa shape index (κ2) is 6.48. The van der Waals surface area contributed by atoms with Crippen LogP contribution in [-0.4, -0.2) is 36.6 Å². The van der Waals surface area contributed by atoms with E-state index in [1.165, 1.54) is 0 Å². The molecular formula is C13H20F3N5. The average molecular weight is 303 g/mol. The molecule has 0 radical (unpaired) electrons. The fourth-order valence-electron chi connectivity index (χ4n) is 2.37. The Morgan fingerprint density at radius 3 is 2.48 bits per heavy atom. The predicted molar refractivity (Wildman–Crippen MR) is 75.8 cm³/mol. The van der Waals surface area contributed by atoms with Gasteiger partial charge in [-0.05, 0) is 51.0 Å². The molecule has 0 unspecified atom stereocenters. The average Bonchev–Trinajstić information content (AvgIpc) is 2.45. The van der Waals surface area contributed by atoms with Gasteiger partial charge in [0.1, 0.15) is 11.6 Å². The van der Waals surface area contributed by atoms with Crippen LogP contribution in [0.5, 0.6) is 0 Å². The molecule has 0 aliphatic carbocycles. The fourth-order valence-corrected chi connectivity index (χ4v) is 2.37. The first kappa shape index (κ1) is 15.8. The first-order chi connectivity index (χ1) is 9.88. The number of piperidine rings is 1. The van der Waals surface area contributed by atoms with Crippen LogP contribution in [0.2, 0.25) is 0 Å². The minimum absolute atomic E-state index is 0.00398. The van der Waals surface area contributed by atoms with Crippen molar-refractivity contribution in [3.63, 3.8) is 0 Å². The summed E-state index contributed by atoms with van der Waals surface area (Å²) in [6.07, 6.45) is -2.35. The van der Waals surface area contributed by atoms with E-state index in [-0.39, 0.29) is 11.6 Å². The number of rotatable bonds is 4. The van der Waals surface area contributed by atoms with Crippen molar-refractivity contribution in [1.29, 1.82) is 0 Å². The second-order valence-electron chi connectivity index (χ2n) is 5.40. The molecule has 0 bridgehead atoms. The Labute approximate surface area is 121 Å². The molecule has 8 heteroatoms. The van der Waals surface area contributed by atoms with Gasteiger partial charge in [0.05, 0.1) is 5.56 Å². The van der Waals surface area contributed by atoms with E-state index in [2.05, 4.69) is 27.7 Å². The summed E-state index contributed by atoms with van der Waals surface area (Å²) in [5, 5.41) is 2.99. The van der Waals surface area contributed by atoms with Crippen molar-refractivity contribution in [2.45, 2.75) is 19.0 Å². The lowest BCUT2D eigenvalue weighted by Crippen LogP contribution is -2.33. The number of aromatic nitrogens is 1. The van der Waals surface area contributed by atoms with Gasteiger partial charge >= 0.3 is 6.18 Å². The van der Waals surface area contributed by atoms with E-state index < -0.39 is 11.7 Å². The number of nitrogens with two attached hydrogens (primary N) is 1. The van der Waals surface area contributed by atoms with Crippen molar-refractivity contribution in [2.24, 2.45) is 11.8 Å². The summed E-state index contributed by atoms with van der Waals surface area (Å²) >= 11 is 0. The van der Waals surface area contributed by atoms with Gasteiger partial charge in [0.25, 0.3) is 0 Å². The number of nitrogen functional groups attached to an aromatic ring is 1. The van der Waals surface area contributed by atoms with Crippen molar-refractivity contribution in [1.82, 2.24) is 9.88 Å². The molecule has 0 aromatic carbocycles. The number of hydrogen-bond acceptors (Lipinski definition) is 5. The molecule has 1 aliphatic rings. The van der Waals surface area contributed by atoms with Crippen molar-refractivity contribution in [3.8, 4) is 0 Å². The van der Waals surface area contributed by atoms with Crippen LogP contribution >= 0.6 is 0 Å². The summed E-state index contributed by atoms with van der Waals surface area (Å²) < 4.78 is 38.4. The zero-order chi connectivity index (χ0) is 15.5. The largest absolute Gasteiger partial charge is 0.416 e. The molecule has 2 heterocycles. The van der Waals surface area contributed by atoms with E-state index in [0.717, 1.165) is 38.1 Å². The maximum absolute atomic E-state index is 12.8. The first-order valence-corrected chi connectivity index (χ1v) is 6.87. The van der Waals surface area contributed by atoms with Gasteiger partial charge in [0, 0.05) is 6.54 Å². The maximum atomic E-state index is 12.8. The highest BCUT2D eigenvalue weighted by atomic mass is 19.4.